The number of hydrogen-bond acceptors (Lipinski definition) is 3. The predicted molar refractivity (Wildman–Crippen MR) is 69.1 cm³/mol. The van der Waals surface area contributed by atoms with E-state index in [0.29, 0.717) is 6.04 Å². The van der Waals surface area contributed by atoms with Gasteiger partial charge in [-0.2, -0.15) is 0 Å². The Morgan fingerprint density at radius 2 is 2.24 bits per heavy atom. The Balaban J connectivity index is 1.68. The van der Waals surface area contributed by atoms with Crippen molar-refractivity contribution in [3.63, 3.8) is 0 Å². The second kappa shape index (κ2) is 4.69. The van der Waals surface area contributed by atoms with Gasteiger partial charge in [0.25, 0.3) is 0 Å². The molecule has 3 saturated heterocycles. The van der Waals surface area contributed by atoms with Crippen molar-refractivity contribution in [1.82, 2.24) is 14.5 Å². The first-order chi connectivity index (χ1) is 8.36. The third-order valence-electron chi connectivity index (χ3n) is 4.15. The maximum absolute atomic E-state index is 4.45. The average molecular weight is 234 g/mol. The van der Waals surface area contributed by atoms with E-state index in [2.05, 4.69) is 32.9 Å². The first-order valence-electron chi connectivity index (χ1n) is 6.87. The van der Waals surface area contributed by atoms with Crippen molar-refractivity contribution < 1.29 is 0 Å². The summed E-state index contributed by atoms with van der Waals surface area (Å²) in [5.74, 6) is 1.91. The molecule has 4 heterocycles. The molecule has 3 aliphatic rings. The summed E-state index contributed by atoms with van der Waals surface area (Å²) in [6.07, 6.45) is 7.84. The van der Waals surface area contributed by atoms with Gasteiger partial charge in [-0.3, -0.25) is 0 Å². The van der Waals surface area contributed by atoms with Gasteiger partial charge in [0.2, 0.25) is 5.95 Å². The third kappa shape index (κ3) is 2.18. The molecule has 2 bridgehead atoms. The number of nitrogens with zero attached hydrogens (tertiary/aromatic N) is 3. The number of fused-ring (bicyclic) bond motifs is 3. The van der Waals surface area contributed by atoms with E-state index in [1.54, 1.807) is 0 Å². The summed E-state index contributed by atoms with van der Waals surface area (Å²) in [6, 6.07) is 0.607. The molecule has 0 spiro atoms. The highest BCUT2D eigenvalue weighted by molar-refractivity contribution is 5.29. The van der Waals surface area contributed by atoms with Crippen LogP contribution >= 0.6 is 0 Å². The molecule has 17 heavy (non-hydrogen) atoms. The van der Waals surface area contributed by atoms with Crippen LogP contribution in [-0.4, -0.2) is 40.1 Å². The summed E-state index contributed by atoms with van der Waals surface area (Å²) in [4.78, 5) is 7.02. The van der Waals surface area contributed by atoms with Crippen LogP contribution in [-0.2, 0) is 6.54 Å². The van der Waals surface area contributed by atoms with Crippen molar-refractivity contribution in [2.75, 3.05) is 25.0 Å². The van der Waals surface area contributed by atoms with Crippen molar-refractivity contribution in [3.05, 3.63) is 12.4 Å². The number of anilines is 1. The Hall–Kier alpha value is -1.03. The minimum absolute atomic E-state index is 0.607. The minimum Gasteiger partial charge on any atom is -0.351 e. The van der Waals surface area contributed by atoms with Gasteiger partial charge in [0.1, 0.15) is 0 Å². The molecule has 0 aromatic carbocycles. The molecule has 0 aliphatic carbocycles. The molecule has 4 heteroatoms. The lowest BCUT2D eigenvalue weighted by Gasteiger charge is -2.45. The second-order valence-electron chi connectivity index (χ2n) is 5.33. The van der Waals surface area contributed by atoms with Gasteiger partial charge in [-0.05, 0) is 38.3 Å². The van der Waals surface area contributed by atoms with Crippen molar-refractivity contribution in [3.8, 4) is 0 Å². The zero-order chi connectivity index (χ0) is 11.7. The number of rotatable bonds is 4. The van der Waals surface area contributed by atoms with E-state index in [0.717, 1.165) is 24.8 Å². The molecule has 0 saturated carbocycles. The standard InChI is InChI=1S/C13H22N4/c1-2-6-17-9-5-14-13(17)15-12-10-16-7-3-11(12)4-8-16/h5,9,11-12H,2-4,6-8,10H2,1H3,(H,14,15). The average Bonchev–Trinajstić information content (AvgIpc) is 2.79. The zero-order valence-electron chi connectivity index (χ0n) is 10.6. The van der Waals surface area contributed by atoms with E-state index in [9.17, 15) is 0 Å². The number of piperidine rings is 3. The van der Waals surface area contributed by atoms with Gasteiger partial charge in [-0.1, -0.05) is 6.92 Å². The molecule has 1 atom stereocenters. The van der Waals surface area contributed by atoms with Crippen LogP contribution < -0.4 is 5.32 Å². The Kier molecular flexibility index (Phi) is 3.05. The Bertz CT molecular complexity index is 365. The molecule has 0 amide bonds. The van der Waals surface area contributed by atoms with E-state index in [1.807, 2.05) is 6.20 Å². The summed E-state index contributed by atoms with van der Waals surface area (Å²) in [7, 11) is 0. The summed E-state index contributed by atoms with van der Waals surface area (Å²) in [6.45, 7) is 7.06. The number of aryl methyl sites for hydroxylation is 1. The molecule has 1 N–H and O–H groups in total. The fourth-order valence-corrected chi connectivity index (χ4v) is 3.17. The molecular weight excluding hydrogens is 212 g/mol. The highest BCUT2D eigenvalue weighted by Gasteiger charge is 2.34. The Labute approximate surface area is 103 Å². The summed E-state index contributed by atoms with van der Waals surface area (Å²) >= 11 is 0. The van der Waals surface area contributed by atoms with Crippen molar-refractivity contribution >= 4 is 5.95 Å². The van der Waals surface area contributed by atoms with Crippen molar-refractivity contribution in [2.45, 2.75) is 38.8 Å². The first-order valence-corrected chi connectivity index (χ1v) is 6.87. The summed E-state index contributed by atoms with van der Waals surface area (Å²) in [5.41, 5.74) is 0. The van der Waals surface area contributed by atoms with Gasteiger partial charge in [-0.15, -0.1) is 0 Å². The summed E-state index contributed by atoms with van der Waals surface area (Å²) < 4.78 is 2.23. The largest absolute Gasteiger partial charge is 0.351 e. The highest BCUT2D eigenvalue weighted by atomic mass is 15.2. The number of aromatic nitrogens is 2. The Morgan fingerprint density at radius 1 is 1.41 bits per heavy atom. The van der Waals surface area contributed by atoms with Crippen LogP contribution in [0.3, 0.4) is 0 Å². The lowest BCUT2D eigenvalue weighted by molar-refractivity contribution is 0.0970. The fraction of sp³-hybridized carbons (Fsp3) is 0.769. The molecule has 4 nitrogen and oxygen atoms in total. The van der Waals surface area contributed by atoms with Crippen molar-refractivity contribution in [2.24, 2.45) is 5.92 Å². The maximum atomic E-state index is 4.45. The molecule has 1 aromatic rings. The van der Waals surface area contributed by atoms with E-state index >= 15 is 0 Å². The van der Waals surface area contributed by atoms with Crippen LogP contribution in [0.25, 0.3) is 0 Å². The fourth-order valence-electron chi connectivity index (χ4n) is 3.17. The molecule has 1 aromatic heterocycles. The van der Waals surface area contributed by atoms with Gasteiger partial charge < -0.3 is 14.8 Å². The SMILES string of the molecule is CCCn1ccnc1NC1CN2CCC1CC2. The van der Waals surface area contributed by atoms with Gasteiger partial charge in [-0.25, -0.2) is 4.98 Å². The molecule has 3 fully saturated rings. The van der Waals surface area contributed by atoms with Crippen LogP contribution in [0.5, 0.6) is 0 Å². The minimum atomic E-state index is 0.607. The lowest BCUT2D eigenvalue weighted by atomic mass is 9.84. The second-order valence-corrected chi connectivity index (χ2v) is 5.33. The number of nitrogens with one attached hydrogen (secondary N) is 1. The molecule has 0 radical (unpaired) electrons. The predicted octanol–water partition coefficient (Wildman–Crippen LogP) is 1.80. The van der Waals surface area contributed by atoms with Gasteiger partial charge in [0.15, 0.2) is 0 Å². The van der Waals surface area contributed by atoms with Crippen LogP contribution in [0.2, 0.25) is 0 Å². The monoisotopic (exact) mass is 234 g/mol. The van der Waals surface area contributed by atoms with Gasteiger partial charge in [0.05, 0.1) is 0 Å². The maximum Gasteiger partial charge on any atom is 0.203 e. The highest BCUT2D eigenvalue weighted by Crippen LogP contribution is 2.29. The van der Waals surface area contributed by atoms with Crippen LogP contribution in [0.4, 0.5) is 5.95 Å². The molecule has 3 aliphatic heterocycles. The van der Waals surface area contributed by atoms with Crippen LogP contribution in [0.15, 0.2) is 12.4 Å². The zero-order valence-corrected chi connectivity index (χ0v) is 10.6. The molecule has 94 valence electrons. The molecular formula is C13H22N4. The first kappa shape index (κ1) is 11.1. The summed E-state index contributed by atoms with van der Waals surface area (Å²) in [5, 5.41) is 3.66. The molecule has 1 unspecified atom stereocenters. The van der Waals surface area contributed by atoms with Crippen LogP contribution in [0, 0.1) is 5.92 Å². The van der Waals surface area contributed by atoms with E-state index in [1.165, 1.54) is 32.5 Å². The smallest absolute Gasteiger partial charge is 0.203 e. The van der Waals surface area contributed by atoms with Crippen LogP contribution in [0.1, 0.15) is 26.2 Å². The molecule has 4 rings (SSSR count). The van der Waals surface area contributed by atoms with Gasteiger partial charge in [0, 0.05) is 31.5 Å². The lowest BCUT2D eigenvalue weighted by Crippen LogP contribution is -2.53. The number of imidazole rings is 1. The number of hydrogen-bond donors (Lipinski definition) is 1. The topological polar surface area (TPSA) is 33.1 Å². The van der Waals surface area contributed by atoms with Crippen molar-refractivity contribution in [1.29, 1.82) is 0 Å². The normalized spacial score (nSPS) is 31.7. The quantitative estimate of drug-likeness (QED) is 0.862. The van der Waals surface area contributed by atoms with Gasteiger partial charge >= 0.3 is 0 Å². The van der Waals surface area contributed by atoms with E-state index < -0.39 is 0 Å². The van der Waals surface area contributed by atoms with E-state index in [-0.39, 0.29) is 0 Å². The third-order valence-corrected chi connectivity index (χ3v) is 4.15. The van der Waals surface area contributed by atoms with E-state index in [4.69, 9.17) is 0 Å². The Morgan fingerprint density at radius 3 is 2.88 bits per heavy atom.